The van der Waals surface area contributed by atoms with E-state index in [0.29, 0.717) is 0 Å². The molecule has 13 atom stereocenters. The number of Topliss-reactive ketones (excluding diaryl/α,β-unsaturated/α-hetero) is 1. The summed E-state index contributed by atoms with van der Waals surface area (Å²) < 4.78 is 63.1. The Morgan fingerprint density at radius 2 is 1.40 bits per heavy atom. The molecule has 0 radical (unpaired) electrons. The van der Waals surface area contributed by atoms with Gasteiger partial charge >= 0.3 is 35.8 Å². The molecule has 1 unspecified atom stereocenters. The monoisotopic (exact) mass is 802 g/mol. The Morgan fingerprint density at radius 3 is 1.93 bits per heavy atom. The Morgan fingerprint density at radius 1 is 0.789 bits per heavy atom. The van der Waals surface area contributed by atoms with Gasteiger partial charge < -0.3 is 47.0 Å². The van der Waals surface area contributed by atoms with Crippen LogP contribution in [0, 0.1) is 34.0 Å². The molecule has 1 aromatic rings. The molecule has 2 aliphatic heterocycles. The van der Waals surface area contributed by atoms with Crippen molar-refractivity contribution in [2.24, 2.45) is 34.0 Å². The number of furan rings is 1. The van der Waals surface area contributed by atoms with Crippen molar-refractivity contribution >= 4 is 41.6 Å². The van der Waals surface area contributed by atoms with E-state index in [1.54, 1.807) is 34.6 Å². The number of hydrogen-bond acceptors (Lipinski definition) is 17. The van der Waals surface area contributed by atoms with Gasteiger partial charge in [-0.1, -0.05) is 34.6 Å². The van der Waals surface area contributed by atoms with Gasteiger partial charge in [0.25, 0.3) is 5.97 Å². The fourth-order valence-corrected chi connectivity index (χ4v) is 12.8. The number of carbonyl (C=O) groups is 7. The molecular formula is C40H50O17. The van der Waals surface area contributed by atoms with Gasteiger partial charge in [0.2, 0.25) is 5.60 Å². The Hall–Kier alpha value is -4.35. The van der Waals surface area contributed by atoms with E-state index in [9.17, 15) is 28.8 Å². The van der Waals surface area contributed by atoms with Crippen LogP contribution >= 0.6 is 0 Å². The molecule has 0 N–H and O–H groups in total. The molecule has 0 amide bonds. The van der Waals surface area contributed by atoms with E-state index in [4.69, 9.17) is 47.0 Å². The van der Waals surface area contributed by atoms with Crippen LogP contribution in [0.2, 0.25) is 0 Å². The topological polar surface area (TPSA) is 216 Å². The first-order chi connectivity index (χ1) is 26.5. The predicted molar refractivity (Wildman–Crippen MR) is 187 cm³/mol. The summed E-state index contributed by atoms with van der Waals surface area (Å²) in [5, 5.41) is 0. The van der Waals surface area contributed by atoms with Crippen LogP contribution in [0.1, 0.15) is 98.4 Å². The van der Waals surface area contributed by atoms with Crippen molar-refractivity contribution in [3.8, 4) is 0 Å². The predicted octanol–water partition coefficient (Wildman–Crippen LogP) is 3.37. The summed E-state index contributed by atoms with van der Waals surface area (Å²) in [7, 11) is 2.37. The first kappa shape index (κ1) is 40.8. The minimum atomic E-state index is -2.38. The molecule has 312 valence electrons. The van der Waals surface area contributed by atoms with Crippen molar-refractivity contribution in [1.82, 2.24) is 0 Å². The molecule has 0 aromatic carbocycles. The molecule has 57 heavy (non-hydrogen) atoms. The van der Waals surface area contributed by atoms with E-state index in [1.165, 1.54) is 39.5 Å². The van der Waals surface area contributed by atoms with Gasteiger partial charge in [-0.3, -0.25) is 33.6 Å². The average molecular weight is 803 g/mol. The van der Waals surface area contributed by atoms with E-state index in [1.807, 2.05) is 0 Å². The molecular weight excluding hydrogens is 752 g/mol. The highest BCUT2D eigenvalue weighted by Gasteiger charge is 3.06. The van der Waals surface area contributed by atoms with Gasteiger partial charge in [0, 0.05) is 62.7 Å². The number of hydrogen-bond donors (Lipinski definition) is 0. The highest BCUT2D eigenvalue weighted by atomic mass is 16.9. The fourth-order valence-electron chi connectivity index (χ4n) is 12.8. The second-order valence-electron chi connectivity index (χ2n) is 17.5. The normalized spacial score (nSPS) is 44.2. The molecule has 2 saturated heterocycles. The highest BCUT2D eigenvalue weighted by molar-refractivity contribution is 6.01. The summed E-state index contributed by atoms with van der Waals surface area (Å²) in [5.41, 5.74) is -13.5. The van der Waals surface area contributed by atoms with E-state index < -0.39 is 129 Å². The molecule has 7 rings (SSSR count). The largest absolute Gasteiger partial charge is 0.472 e. The van der Waals surface area contributed by atoms with Gasteiger partial charge in [-0.15, -0.1) is 0 Å². The highest BCUT2D eigenvalue weighted by Crippen LogP contribution is 2.90. The van der Waals surface area contributed by atoms with E-state index in [-0.39, 0.29) is 24.8 Å². The Bertz CT molecular complexity index is 1940. The average Bonchev–Trinajstić information content (AvgIpc) is 3.82. The van der Waals surface area contributed by atoms with Gasteiger partial charge in [-0.05, 0) is 18.4 Å². The van der Waals surface area contributed by atoms with Gasteiger partial charge in [0.05, 0.1) is 38.4 Å². The van der Waals surface area contributed by atoms with E-state index >= 15 is 4.79 Å². The lowest BCUT2D eigenvalue weighted by atomic mass is 9.33. The third-order valence-corrected chi connectivity index (χ3v) is 14.2. The SMILES string of the molecule is COC(=O)C[C@H]1[C@]2(C)C[C@]34OC5(C)O[C@@]6([C@H](OC(=O)C(C)C)[C@@]3(OC(C)=O)[C@H]2OC(C)=O)[C@H](CC(=O)OC)[C@](C)(C(=O)c2ccoc2)C[C@@H](OC(C)=O)[C@]6(O5)[C@]14C. The maximum absolute atomic E-state index is 15.1. The van der Waals surface area contributed by atoms with Gasteiger partial charge in [0.15, 0.2) is 29.2 Å². The second-order valence-corrected chi connectivity index (χ2v) is 17.5. The smallest absolute Gasteiger partial charge is 0.308 e. The number of carbonyl (C=O) groups excluding carboxylic acids is 7. The third-order valence-electron chi connectivity index (χ3n) is 14.2. The zero-order valence-electron chi connectivity index (χ0n) is 34.0. The van der Waals surface area contributed by atoms with Crippen molar-refractivity contribution in [2.45, 2.75) is 135 Å². The summed E-state index contributed by atoms with van der Waals surface area (Å²) in [6.45, 7) is 13.1. The number of ketones is 1. The molecule has 1 aromatic heterocycles. The molecule has 17 nitrogen and oxygen atoms in total. The first-order valence-electron chi connectivity index (χ1n) is 19.0. The van der Waals surface area contributed by atoms with Gasteiger partial charge in [-0.2, -0.15) is 0 Å². The zero-order valence-corrected chi connectivity index (χ0v) is 34.0. The standard InChI is InChI=1S/C40H50O17/c1-19(2)30(47)53-32-38-25(15-28(45)49-11)33(6,29(46)23-12-13-50-17-23)16-26(51-20(3)41)40(38)35(8)24(14-27(44)48-10)34(7)18-37(35,55-36(9,56-38)57-40)39(32,54-22(5)43)31(34)52-21(4)42/h12-13,17,19,24-26,31-32H,14-16,18H2,1-11H3/t24-,25+,26+,31-,32-,33+,34-,35+,36?,37+,38+,39-,40-/m0/s1. The van der Waals surface area contributed by atoms with Crippen molar-refractivity contribution in [2.75, 3.05) is 14.2 Å². The molecule has 6 fully saturated rings. The van der Waals surface area contributed by atoms with Crippen LogP contribution in [-0.2, 0) is 71.4 Å². The van der Waals surface area contributed by atoms with Gasteiger partial charge in [0.1, 0.15) is 18.0 Å². The van der Waals surface area contributed by atoms with Crippen LogP contribution < -0.4 is 0 Å². The summed E-state index contributed by atoms with van der Waals surface area (Å²) in [6, 6.07) is 1.43. The lowest BCUT2D eigenvalue weighted by molar-refractivity contribution is -0.485. The molecule has 4 bridgehead atoms. The molecule has 2 spiro atoms. The summed E-state index contributed by atoms with van der Waals surface area (Å²) >= 11 is 0. The number of rotatable bonds is 11. The number of ether oxygens (including phenoxy) is 9. The minimum absolute atomic E-state index is 0.0888. The lowest BCUT2D eigenvalue weighted by Crippen LogP contribution is -2.96. The van der Waals surface area contributed by atoms with Crippen molar-refractivity contribution < 1.29 is 80.6 Å². The maximum atomic E-state index is 15.1. The Balaban J connectivity index is 1.72. The summed E-state index contributed by atoms with van der Waals surface area (Å²) in [4.78, 5) is 97.5. The molecule has 17 heteroatoms. The van der Waals surface area contributed by atoms with Crippen LogP contribution in [0.3, 0.4) is 0 Å². The van der Waals surface area contributed by atoms with Crippen LogP contribution in [0.4, 0.5) is 0 Å². The second kappa shape index (κ2) is 12.6. The van der Waals surface area contributed by atoms with Gasteiger partial charge in [-0.25, -0.2) is 0 Å². The van der Waals surface area contributed by atoms with E-state index in [2.05, 4.69) is 0 Å². The molecule has 4 aliphatic carbocycles. The quantitative estimate of drug-likeness (QED) is 0.178. The first-order valence-corrected chi connectivity index (χ1v) is 19.0. The van der Waals surface area contributed by atoms with E-state index in [0.717, 1.165) is 21.0 Å². The molecule has 4 saturated carbocycles. The maximum Gasteiger partial charge on any atom is 0.308 e. The van der Waals surface area contributed by atoms with Crippen LogP contribution in [0.15, 0.2) is 23.0 Å². The van der Waals surface area contributed by atoms with Crippen molar-refractivity contribution in [3.05, 3.63) is 24.2 Å². The summed E-state index contributed by atoms with van der Waals surface area (Å²) in [6.07, 6.45) is -3.75. The van der Waals surface area contributed by atoms with Crippen LogP contribution in [-0.4, -0.2) is 103 Å². The van der Waals surface area contributed by atoms with Crippen LogP contribution in [0.25, 0.3) is 0 Å². The van der Waals surface area contributed by atoms with Crippen molar-refractivity contribution in [1.29, 1.82) is 0 Å². The Kier molecular flexibility index (Phi) is 9.01. The van der Waals surface area contributed by atoms with Crippen LogP contribution in [0.5, 0.6) is 0 Å². The number of esters is 6. The molecule has 6 aliphatic rings. The third kappa shape index (κ3) is 4.70. The number of methoxy groups -OCH3 is 2. The minimum Gasteiger partial charge on any atom is -0.472 e. The van der Waals surface area contributed by atoms with Crippen molar-refractivity contribution in [3.63, 3.8) is 0 Å². The number of fused-ring (bicyclic) bond motifs is 2. The lowest BCUT2D eigenvalue weighted by Gasteiger charge is -2.77. The fraction of sp³-hybridized carbons (Fsp3) is 0.725. The summed E-state index contributed by atoms with van der Waals surface area (Å²) in [5.74, 6) is -10.8. The molecule has 3 heterocycles. The Labute approximate surface area is 328 Å². The zero-order chi connectivity index (χ0) is 42.1.